The topological polar surface area (TPSA) is 67.2 Å². The normalized spacial score (nSPS) is 18.8. The Hall–Kier alpha value is -1.93. The first-order valence-electron chi connectivity index (χ1n) is 6.98. The van der Waals surface area contributed by atoms with Crippen molar-refractivity contribution in [1.29, 1.82) is 0 Å². The van der Waals surface area contributed by atoms with Crippen LogP contribution in [0.15, 0.2) is 41.6 Å². The van der Waals surface area contributed by atoms with Gasteiger partial charge >= 0.3 is 0 Å². The van der Waals surface area contributed by atoms with Gasteiger partial charge in [-0.05, 0) is 37.7 Å². The van der Waals surface area contributed by atoms with E-state index in [2.05, 4.69) is 9.82 Å². The van der Waals surface area contributed by atoms with E-state index in [9.17, 15) is 12.8 Å². The van der Waals surface area contributed by atoms with Crippen molar-refractivity contribution in [2.45, 2.75) is 17.4 Å². The third-order valence-electron chi connectivity index (χ3n) is 3.90. The zero-order valence-corrected chi connectivity index (χ0v) is 12.9. The number of nitrogens with zero attached hydrogens (tertiary/aromatic N) is 3. The van der Waals surface area contributed by atoms with Gasteiger partial charge in [-0.25, -0.2) is 17.5 Å². The van der Waals surface area contributed by atoms with Crippen LogP contribution in [0.3, 0.4) is 0 Å². The molecule has 0 saturated carbocycles. The van der Waals surface area contributed by atoms with Crippen LogP contribution in [0.1, 0.15) is 12.5 Å². The Morgan fingerprint density at radius 3 is 2.86 bits per heavy atom. The fourth-order valence-corrected chi connectivity index (χ4v) is 3.44. The molecule has 1 aliphatic heterocycles. The summed E-state index contributed by atoms with van der Waals surface area (Å²) in [6.07, 6.45) is 4.49. The zero-order valence-electron chi connectivity index (χ0n) is 12.1. The van der Waals surface area contributed by atoms with Gasteiger partial charge < -0.3 is 4.90 Å². The summed E-state index contributed by atoms with van der Waals surface area (Å²) in [4.78, 5) is 1.84. The minimum atomic E-state index is -3.63. The molecule has 1 atom stereocenters. The van der Waals surface area contributed by atoms with Gasteiger partial charge in [-0.1, -0.05) is 0 Å². The van der Waals surface area contributed by atoms with Crippen LogP contribution >= 0.6 is 0 Å². The minimum absolute atomic E-state index is 0.0703. The third kappa shape index (κ3) is 2.71. The zero-order chi connectivity index (χ0) is 15.7. The number of anilines is 1. The highest BCUT2D eigenvalue weighted by atomic mass is 32.2. The van der Waals surface area contributed by atoms with Crippen molar-refractivity contribution in [3.63, 3.8) is 0 Å². The lowest BCUT2D eigenvalue weighted by molar-refractivity contribution is 0.494. The second kappa shape index (κ2) is 5.69. The van der Waals surface area contributed by atoms with Crippen LogP contribution in [-0.2, 0) is 10.0 Å². The predicted octanol–water partition coefficient (Wildman–Crippen LogP) is 1.38. The van der Waals surface area contributed by atoms with Crippen molar-refractivity contribution in [2.75, 3.05) is 25.0 Å². The molecule has 8 heteroatoms. The van der Waals surface area contributed by atoms with E-state index in [4.69, 9.17) is 0 Å². The number of rotatable bonds is 4. The molecule has 0 bridgehead atoms. The van der Waals surface area contributed by atoms with Gasteiger partial charge in [-0.15, -0.1) is 0 Å². The molecular weight excluding hydrogens is 307 g/mol. The maximum atomic E-state index is 14.3. The van der Waals surface area contributed by atoms with Crippen LogP contribution in [0.25, 0.3) is 0 Å². The Kier molecular flexibility index (Phi) is 3.88. The van der Waals surface area contributed by atoms with Crippen molar-refractivity contribution in [1.82, 2.24) is 14.5 Å². The van der Waals surface area contributed by atoms with Crippen molar-refractivity contribution in [2.24, 2.45) is 0 Å². The predicted molar refractivity (Wildman–Crippen MR) is 80.7 cm³/mol. The third-order valence-corrected chi connectivity index (χ3v) is 5.31. The summed E-state index contributed by atoms with van der Waals surface area (Å²) >= 11 is 0. The molecule has 2 heterocycles. The Bertz CT molecular complexity index is 761. The Morgan fingerprint density at radius 2 is 2.23 bits per heavy atom. The highest BCUT2D eigenvalue weighted by molar-refractivity contribution is 7.89. The molecule has 0 aliphatic carbocycles. The fraction of sp³-hybridized carbons (Fsp3) is 0.357. The molecule has 1 aromatic carbocycles. The first-order chi connectivity index (χ1) is 10.5. The molecule has 0 amide bonds. The molecule has 1 unspecified atom stereocenters. The Balaban J connectivity index is 1.82. The number of nitrogens with one attached hydrogen (secondary N) is 1. The number of aromatic nitrogens is 2. The summed E-state index contributed by atoms with van der Waals surface area (Å²) in [6, 6.07) is 6.06. The van der Waals surface area contributed by atoms with Gasteiger partial charge in [0.2, 0.25) is 10.0 Å². The summed E-state index contributed by atoms with van der Waals surface area (Å²) in [5, 5.41) is 4.21. The molecule has 1 aromatic heterocycles. The highest BCUT2D eigenvalue weighted by Crippen LogP contribution is 2.29. The number of sulfonamides is 1. The second-order valence-electron chi connectivity index (χ2n) is 5.20. The number of benzene rings is 1. The van der Waals surface area contributed by atoms with Crippen LogP contribution in [0, 0.1) is 5.82 Å². The van der Waals surface area contributed by atoms with Crippen LogP contribution in [0.5, 0.6) is 0 Å². The SMILES string of the molecule is CNS(=O)(=O)c1ccc(N2CCC(n3cccn3)C2)c(F)c1. The summed E-state index contributed by atoms with van der Waals surface area (Å²) < 4.78 is 41.7. The quantitative estimate of drug-likeness (QED) is 0.923. The highest BCUT2D eigenvalue weighted by Gasteiger charge is 2.26. The van der Waals surface area contributed by atoms with E-state index in [0.29, 0.717) is 18.8 Å². The second-order valence-corrected chi connectivity index (χ2v) is 7.08. The van der Waals surface area contributed by atoms with Crippen molar-refractivity contribution < 1.29 is 12.8 Å². The minimum Gasteiger partial charge on any atom is -0.367 e. The van der Waals surface area contributed by atoms with Crippen molar-refractivity contribution >= 4 is 15.7 Å². The monoisotopic (exact) mass is 324 g/mol. The number of hydrogen-bond donors (Lipinski definition) is 1. The van der Waals surface area contributed by atoms with E-state index in [-0.39, 0.29) is 10.9 Å². The maximum Gasteiger partial charge on any atom is 0.240 e. The van der Waals surface area contributed by atoms with Gasteiger partial charge in [0.15, 0.2) is 0 Å². The lowest BCUT2D eigenvalue weighted by Gasteiger charge is -2.20. The molecule has 118 valence electrons. The van der Waals surface area contributed by atoms with Crippen molar-refractivity contribution in [3.05, 3.63) is 42.5 Å². The van der Waals surface area contributed by atoms with E-state index in [1.165, 1.54) is 19.2 Å². The van der Waals surface area contributed by atoms with Gasteiger partial charge in [0.25, 0.3) is 0 Å². The van der Waals surface area contributed by atoms with Gasteiger partial charge in [0.05, 0.1) is 16.6 Å². The first kappa shape index (κ1) is 15.0. The average Bonchev–Trinajstić information content (AvgIpc) is 3.18. The molecule has 3 rings (SSSR count). The lowest BCUT2D eigenvalue weighted by Crippen LogP contribution is -2.23. The summed E-state index contributed by atoms with van der Waals surface area (Å²) in [5.41, 5.74) is 0.421. The van der Waals surface area contributed by atoms with Crippen LogP contribution in [0.2, 0.25) is 0 Å². The molecule has 1 N–H and O–H groups in total. The number of hydrogen-bond acceptors (Lipinski definition) is 4. The molecular formula is C14H17FN4O2S. The number of halogens is 1. The summed E-state index contributed by atoms with van der Waals surface area (Å²) in [5.74, 6) is -0.530. The molecule has 0 radical (unpaired) electrons. The van der Waals surface area contributed by atoms with Gasteiger partial charge in [-0.3, -0.25) is 4.68 Å². The average molecular weight is 324 g/mol. The van der Waals surface area contributed by atoms with Crippen LogP contribution < -0.4 is 9.62 Å². The van der Waals surface area contributed by atoms with Gasteiger partial charge in [0, 0.05) is 25.5 Å². The standard InChI is InChI=1S/C14H17FN4O2S/c1-16-22(20,21)12-3-4-14(13(15)9-12)18-8-5-11(10-18)19-7-2-6-17-19/h2-4,6-7,9,11,16H,5,8,10H2,1H3. The molecule has 1 fully saturated rings. The van der Waals surface area contributed by atoms with Gasteiger partial charge in [-0.2, -0.15) is 5.10 Å². The Labute approximate surface area is 128 Å². The molecule has 1 saturated heterocycles. The van der Waals surface area contributed by atoms with Crippen molar-refractivity contribution in [3.8, 4) is 0 Å². The molecule has 2 aromatic rings. The largest absolute Gasteiger partial charge is 0.367 e. The maximum absolute atomic E-state index is 14.3. The lowest BCUT2D eigenvalue weighted by atomic mass is 10.2. The fourth-order valence-electron chi connectivity index (χ4n) is 2.70. The summed E-state index contributed by atoms with van der Waals surface area (Å²) in [7, 11) is -2.33. The molecule has 6 nitrogen and oxygen atoms in total. The van der Waals surface area contributed by atoms with E-state index >= 15 is 0 Å². The van der Waals surface area contributed by atoms with Crippen LogP contribution in [0.4, 0.5) is 10.1 Å². The van der Waals surface area contributed by atoms with Gasteiger partial charge in [0.1, 0.15) is 5.82 Å². The van der Waals surface area contributed by atoms with E-state index < -0.39 is 15.8 Å². The summed E-state index contributed by atoms with van der Waals surface area (Å²) in [6.45, 7) is 1.36. The molecule has 1 aliphatic rings. The van der Waals surface area contributed by atoms with Crippen LogP contribution in [-0.4, -0.2) is 38.3 Å². The Morgan fingerprint density at radius 1 is 1.41 bits per heavy atom. The molecule has 0 spiro atoms. The van der Waals surface area contributed by atoms with E-state index in [0.717, 1.165) is 12.5 Å². The molecule has 22 heavy (non-hydrogen) atoms. The van der Waals surface area contributed by atoms with E-state index in [1.54, 1.807) is 6.20 Å². The first-order valence-corrected chi connectivity index (χ1v) is 8.47. The van der Waals surface area contributed by atoms with E-state index in [1.807, 2.05) is 21.8 Å². The smallest absolute Gasteiger partial charge is 0.240 e.